The van der Waals surface area contributed by atoms with Crippen molar-refractivity contribution in [2.75, 3.05) is 5.32 Å². The van der Waals surface area contributed by atoms with Crippen molar-refractivity contribution in [1.29, 1.82) is 5.26 Å². The van der Waals surface area contributed by atoms with Gasteiger partial charge in [-0.2, -0.15) is 18.4 Å². The first-order valence-electron chi connectivity index (χ1n) is 9.23. The van der Waals surface area contributed by atoms with Crippen molar-refractivity contribution in [2.45, 2.75) is 19.1 Å². The van der Waals surface area contributed by atoms with Gasteiger partial charge in [0.05, 0.1) is 34.1 Å². The van der Waals surface area contributed by atoms with Crippen molar-refractivity contribution >= 4 is 39.3 Å². The van der Waals surface area contributed by atoms with E-state index < -0.39 is 17.8 Å². The van der Waals surface area contributed by atoms with Gasteiger partial charge in [0.1, 0.15) is 23.9 Å². The second-order valence-electron chi connectivity index (χ2n) is 6.77. The fraction of sp³-hybridized carbons (Fsp3) is 0.143. The lowest BCUT2D eigenvalue weighted by Gasteiger charge is -2.18. The average molecular weight is 547 g/mol. The van der Waals surface area contributed by atoms with Gasteiger partial charge in [0.15, 0.2) is 0 Å². The van der Waals surface area contributed by atoms with Crippen LogP contribution in [0, 0.1) is 14.9 Å². The van der Waals surface area contributed by atoms with Gasteiger partial charge in [-0.1, -0.05) is 0 Å². The van der Waals surface area contributed by atoms with Crippen molar-refractivity contribution in [3.63, 3.8) is 0 Å². The van der Waals surface area contributed by atoms with E-state index in [9.17, 15) is 13.2 Å². The first-order valence-corrected chi connectivity index (χ1v) is 10.3. The van der Waals surface area contributed by atoms with E-state index in [1.807, 2.05) is 28.7 Å². The zero-order chi connectivity index (χ0) is 22.9. The van der Waals surface area contributed by atoms with Crippen LogP contribution in [0.2, 0.25) is 0 Å². The molecule has 0 aliphatic heterocycles. The molecule has 3 heterocycles. The fourth-order valence-electron chi connectivity index (χ4n) is 3.20. The Labute approximate surface area is 193 Å². The van der Waals surface area contributed by atoms with Crippen molar-refractivity contribution in [2.24, 2.45) is 0 Å². The highest BCUT2D eigenvalue weighted by Crippen LogP contribution is 2.37. The van der Waals surface area contributed by atoms with E-state index in [4.69, 9.17) is 5.26 Å². The van der Waals surface area contributed by atoms with Crippen LogP contribution in [0.15, 0.2) is 49.2 Å². The van der Waals surface area contributed by atoms with E-state index in [0.29, 0.717) is 26.2 Å². The number of nitrogens with one attached hydrogen (secondary N) is 1. The van der Waals surface area contributed by atoms with Gasteiger partial charge < -0.3 is 5.32 Å². The summed E-state index contributed by atoms with van der Waals surface area (Å²) in [4.78, 5) is 21.1. The SMILES string of the molecule is C[C@H](Nc1ncnc2c(C(F)(F)F)cc(I)cc12)c1nccnc1-c1ccc(C#N)cn1. The predicted octanol–water partition coefficient (Wildman–Crippen LogP) is 5.15. The van der Waals surface area contributed by atoms with Crippen molar-refractivity contribution in [3.05, 3.63) is 69.6 Å². The van der Waals surface area contributed by atoms with Crippen LogP contribution in [-0.4, -0.2) is 24.9 Å². The maximum atomic E-state index is 13.5. The highest BCUT2D eigenvalue weighted by atomic mass is 127. The van der Waals surface area contributed by atoms with Crippen LogP contribution < -0.4 is 5.32 Å². The van der Waals surface area contributed by atoms with E-state index in [1.165, 1.54) is 18.6 Å². The summed E-state index contributed by atoms with van der Waals surface area (Å²) in [6, 6.07) is 7.47. The Kier molecular flexibility index (Phi) is 5.88. The number of anilines is 1. The van der Waals surface area contributed by atoms with Gasteiger partial charge in [-0.3, -0.25) is 15.0 Å². The summed E-state index contributed by atoms with van der Waals surface area (Å²) in [5, 5.41) is 12.4. The van der Waals surface area contributed by atoms with E-state index in [-0.39, 0.29) is 16.7 Å². The molecular formula is C21H13F3IN7. The molecule has 4 rings (SSSR count). The molecule has 0 bridgehead atoms. The highest BCUT2D eigenvalue weighted by molar-refractivity contribution is 14.1. The normalized spacial score (nSPS) is 12.4. The molecule has 32 heavy (non-hydrogen) atoms. The number of alkyl halides is 3. The maximum Gasteiger partial charge on any atom is 0.418 e. The van der Waals surface area contributed by atoms with Crippen LogP contribution >= 0.6 is 22.6 Å². The van der Waals surface area contributed by atoms with E-state index >= 15 is 0 Å². The molecule has 0 spiro atoms. The maximum absolute atomic E-state index is 13.5. The second kappa shape index (κ2) is 8.62. The molecule has 0 radical (unpaired) electrons. The smallest absolute Gasteiger partial charge is 0.361 e. The van der Waals surface area contributed by atoms with Gasteiger partial charge in [-0.15, -0.1) is 0 Å². The van der Waals surface area contributed by atoms with Gasteiger partial charge in [-0.05, 0) is 53.8 Å². The van der Waals surface area contributed by atoms with Gasteiger partial charge >= 0.3 is 6.18 Å². The largest absolute Gasteiger partial charge is 0.418 e. The molecule has 1 atom stereocenters. The van der Waals surface area contributed by atoms with E-state index in [2.05, 4.69) is 30.2 Å². The summed E-state index contributed by atoms with van der Waals surface area (Å²) in [5.41, 5.74) is 0.935. The van der Waals surface area contributed by atoms with Crippen molar-refractivity contribution in [3.8, 4) is 17.5 Å². The zero-order valence-corrected chi connectivity index (χ0v) is 18.5. The molecule has 0 fully saturated rings. The van der Waals surface area contributed by atoms with Crippen LogP contribution in [0.4, 0.5) is 19.0 Å². The topological polar surface area (TPSA) is 100 Å². The molecule has 0 unspecified atom stereocenters. The molecule has 11 heteroatoms. The molecule has 0 amide bonds. The summed E-state index contributed by atoms with van der Waals surface area (Å²) in [5.74, 6) is 0.246. The molecular weight excluding hydrogens is 534 g/mol. The van der Waals surface area contributed by atoms with Crippen LogP contribution in [0.1, 0.15) is 29.8 Å². The molecule has 1 N–H and O–H groups in total. The Hall–Kier alpha value is -3.40. The molecule has 7 nitrogen and oxygen atoms in total. The third-order valence-electron chi connectivity index (χ3n) is 4.63. The molecule has 0 aliphatic rings. The summed E-state index contributed by atoms with van der Waals surface area (Å²) in [6.45, 7) is 1.80. The van der Waals surface area contributed by atoms with Crippen LogP contribution in [0.25, 0.3) is 22.3 Å². The molecule has 4 aromatic rings. The molecule has 0 saturated heterocycles. The van der Waals surface area contributed by atoms with Gasteiger partial charge in [-0.25, -0.2) is 9.97 Å². The van der Waals surface area contributed by atoms with E-state index in [0.717, 1.165) is 12.4 Å². The Balaban J connectivity index is 1.75. The number of rotatable bonds is 4. The first-order chi connectivity index (χ1) is 15.3. The highest BCUT2D eigenvalue weighted by Gasteiger charge is 2.34. The Morgan fingerprint density at radius 1 is 1.06 bits per heavy atom. The molecule has 3 aromatic heterocycles. The number of nitrogens with zero attached hydrogens (tertiary/aromatic N) is 6. The number of nitriles is 1. The standard InChI is InChI=1S/C21H13F3IN7/c1-11(17-19(28-5-4-27-17)16-3-2-12(8-26)9-29-16)32-20-14-6-13(25)7-15(21(22,23)24)18(14)30-10-31-20/h2-7,9-11H,1H3,(H,30,31,32)/t11-/m0/s1. The first kappa shape index (κ1) is 21.8. The quantitative estimate of drug-likeness (QED) is 0.353. The van der Waals surface area contributed by atoms with Gasteiger partial charge in [0.2, 0.25) is 0 Å². The number of fused-ring (bicyclic) bond motifs is 1. The van der Waals surface area contributed by atoms with Crippen LogP contribution in [0.5, 0.6) is 0 Å². The minimum atomic E-state index is -4.55. The summed E-state index contributed by atoms with van der Waals surface area (Å²) in [7, 11) is 0. The van der Waals surface area contributed by atoms with Crippen LogP contribution in [-0.2, 0) is 6.18 Å². The molecule has 1 aromatic carbocycles. The number of hydrogen-bond acceptors (Lipinski definition) is 7. The number of aromatic nitrogens is 5. The Morgan fingerprint density at radius 3 is 2.53 bits per heavy atom. The summed E-state index contributed by atoms with van der Waals surface area (Å²) < 4.78 is 41.0. The number of benzene rings is 1. The third kappa shape index (κ3) is 4.31. The second-order valence-corrected chi connectivity index (χ2v) is 8.02. The predicted molar refractivity (Wildman–Crippen MR) is 119 cm³/mol. The lowest BCUT2D eigenvalue weighted by molar-refractivity contribution is -0.136. The number of halogens is 4. The van der Waals surface area contributed by atoms with Gasteiger partial charge in [0, 0.05) is 27.5 Å². The molecule has 0 aliphatic carbocycles. The third-order valence-corrected chi connectivity index (χ3v) is 5.26. The Morgan fingerprint density at radius 2 is 1.84 bits per heavy atom. The molecule has 160 valence electrons. The minimum absolute atomic E-state index is 0.184. The fourth-order valence-corrected chi connectivity index (χ4v) is 3.82. The average Bonchev–Trinajstić information content (AvgIpc) is 2.78. The van der Waals surface area contributed by atoms with Gasteiger partial charge in [0.25, 0.3) is 0 Å². The minimum Gasteiger partial charge on any atom is -0.361 e. The lowest BCUT2D eigenvalue weighted by atomic mass is 10.1. The lowest BCUT2D eigenvalue weighted by Crippen LogP contribution is -2.13. The Bertz CT molecular complexity index is 1330. The van der Waals surface area contributed by atoms with E-state index in [1.54, 1.807) is 25.1 Å². The zero-order valence-electron chi connectivity index (χ0n) is 16.4. The number of hydrogen-bond donors (Lipinski definition) is 1. The number of pyridine rings is 1. The summed E-state index contributed by atoms with van der Waals surface area (Å²) in [6.07, 6.45) is 1.02. The molecule has 0 saturated carbocycles. The van der Waals surface area contributed by atoms with Crippen molar-refractivity contribution < 1.29 is 13.2 Å². The monoisotopic (exact) mass is 547 g/mol. The van der Waals surface area contributed by atoms with Crippen molar-refractivity contribution in [1.82, 2.24) is 24.9 Å². The van der Waals surface area contributed by atoms with Crippen LogP contribution in [0.3, 0.4) is 0 Å². The summed E-state index contributed by atoms with van der Waals surface area (Å²) >= 11 is 1.84.